The molecule has 1 unspecified atom stereocenters. The van der Waals surface area contributed by atoms with Gasteiger partial charge in [0.1, 0.15) is 0 Å². The summed E-state index contributed by atoms with van der Waals surface area (Å²) in [5.41, 5.74) is 0.685. The summed E-state index contributed by atoms with van der Waals surface area (Å²) in [6.45, 7) is 2.26. The molecule has 5 heteroatoms. The van der Waals surface area contributed by atoms with E-state index in [1.165, 1.54) is 64.2 Å². The van der Waals surface area contributed by atoms with Gasteiger partial charge in [-0.1, -0.05) is 95.4 Å². The molecule has 5 nitrogen and oxygen atoms in total. The summed E-state index contributed by atoms with van der Waals surface area (Å²) in [7, 11) is 0. The minimum Gasteiger partial charge on any atom is -0.481 e. The van der Waals surface area contributed by atoms with E-state index in [0.29, 0.717) is 12.1 Å². The lowest BCUT2D eigenvalue weighted by Crippen LogP contribution is -2.25. The average molecular weight is 467 g/mol. The van der Waals surface area contributed by atoms with E-state index in [-0.39, 0.29) is 12.3 Å². The summed E-state index contributed by atoms with van der Waals surface area (Å²) in [4.78, 5) is 28.3. The number of nitrogens with one attached hydrogen (secondary N) is 1. The van der Waals surface area contributed by atoms with Crippen molar-refractivity contribution in [2.75, 3.05) is 5.32 Å². The van der Waals surface area contributed by atoms with Crippen LogP contribution in [0.3, 0.4) is 0 Å². The van der Waals surface area contributed by atoms with E-state index in [9.17, 15) is 14.7 Å². The third kappa shape index (κ3) is 11.0. The van der Waals surface area contributed by atoms with Crippen molar-refractivity contribution < 1.29 is 14.7 Å². The number of carbonyl (C=O) groups excluding carboxylic acids is 1. The van der Waals surface area contributed by atoms with Crippen LogP contribution in [0.4, 0.5) is 5.69 Å². The Labute approximate surface area is 205 Å². The van der Waals surface area contributed by atoms with E-state index in [1.807, 2.05) is 30.3 Å². The first-order valence-corrected chi connectivity index (χ1v) is 13.1. The van der Waals surface area contributed by atoms with Crippen molar-refractivity contribution >= 4 is 28.3 Å². The molecule has 34 heavy (non-hydrogen) atoms. The number of aromatic nitrogens is 1. The quantitative estimate of drug-likeness (QED) is 0.173. The molecule has 0 aliphatic carbocycles. The lowest BCUT2D eigenvalue weighted by atomic mass is 9.99. The Morgan fingerprint density at radius 3 is 2.29 bits per heavy atom. The number of unbranched alkanes of at least 4 members (excludes halogenated alkanes) is 11. The summed E-state index contributed by atoms with van der Waals surface area (Å²) in [5.74, 6) is -1.81. The van der Waals surface area contributed by atoms with Crippen LogP contribution in [0.2, 0.25) is 0 Å². The first kappa shape index (κ1) is 27.6. The number of carbonyl (C=O) groups is 2. The zero-order valence-electron chi connectivity index (χ0n) is 20.8. The number of nitrogens with zero attached hydrogens (tertiary/aromatic N) is 1. The molecule has 1 heterocycles. The zero-order valence-corrected chi connectivity index (χ0v) is 20.8. The molecule has 0 aliphatic heterocycles. The van der Waals surface area contributed by atoms with E-state index in [2.05, 4.69) is 23.3 Å². The number of aliphatic carboxylic acids is 1. The van der Waals surface area contributed by atoms with Crippen LogP contribution in [0.15, 0.2) is 48.8 Å². The summed E-state index contributed by atoms with van der Waals surface area (Å²) in [5, 5.41) is 14.0. The molecule has 1 atom stereocenters. The minimum atomic E-state index is -0.957. The van der Waals surface area contributed by atoms with Crippen molar-refractivity contribution in [3.8, 4) is 0 Å². The molecule has 0 radical (unpaired) electrons. The second kappa shape index (κ2) is 16.9. The predicted molar refractivity (Wildman–Crippen MR) is 141 cm³/mol. The van der Waals surface area contributed by atoms with Crippen LogP contribution in [-0.4, -0.2) is 22.0 Å². The minimum absolute atomic E-state index is 0.180. The van der Waals surface area contributed by atoms with Gasteiger partial charge >= 0.3 is 5.97 Å². The summed E-state index contributed by atoms with van der Waals surface area (Å²) < 4.78 is 0. The number of carboxylic acid groups (broad SMARTS) is 1. The summed E-state index contributed by atoms with van der Waals surface area (Å²) >= 11 is 0. The maximum atomic E-state index is 12.8. The average Bonchev–Trinajstić information content (AvgIpc) is 2.83. The topological polar surface area (TPSA) is 79.3 Å². The fraction of sp³-hybridized carbons (Fsp3) is 0.552. The van der Waals surface area contributed by atoms with Crippen molar-refractivity contribution in [2.24, 2.45) is 5.92 Å². The van der Waals surface area contributed by atoms with Gasteiger partial charge in [0.2, 0.25) is 5.91 Å². The molecule has 0 aliphatic rings. The molecular weight excluding hydrogens is 424 g/mol. The molecule has 0 bridgehead atoms. The Kier molecular flexibility index (Phi) is 13.7. The Balaban J connectivity index is 1.67. The highest BCUT2D eigenvalue weighted by Crippen LogP contribution is 2.24. The fourth-order valence-corrected chi connectivity index (χ4v) is 4.26. The van der Waals surface area contributed by atoms with Gasteiger partial charge in [-0.25, -0.2) is 0 Å². The number of amides is 1. The van der Waals surface area contributed by atoms with Gasteiger partial charge in [-0.05, 0) is 31.4 Å². The van der Waals surface area contributed by atoms with Crippen molar-refractivity contribution in [3.05, 3.63) is 48.8 Å². The lowest BCUT2D eigenvalue weighted by molar-refractivity contribution is -0.140. The second-order valence-corrected chi connectivity index (χ2v) is 9.22. The third-order valence-electron chi connectivity index (χ3n) is 6.29. The van der Waals surface area contributed by atoms with E-state index >= 15 is 0 Å². The van der Waals surface area contributed by atoms with Crippen LogP contribution in [0.1, 0.15) is 96.8 Å². The standard InChI is InChI=1S/C29H42N2O3/c1-2-3-4-5-6-7-8-9-10-11-12-13-14-15-17-24(22-28(32)33)29(34)31-27-19-16-18-25-23-30-21-20-26(25)27/h14-16,18-21,23-24H,2-13,17,22H2,1H3,(H,31,34)(H,32,33)/b15-14+. The van der Waals surface area contributed by atoms with Gasteiger partial charge in [0, 0.05) is 28.9 Å². The van der Waals surface area contributed by atoms with Crippen molar-refractivity contribution in [3.63, 3.8) is 0 Å². The number of hydrogen-bond acceptors (Lipinski definition) is 3. The first-order valence-electron chi connectivity index (χ1n) is 13.1. The van der Waals surface area contributed by atoms with Gasteiger partial charge in [0.25, 0.3) is 0 Å². The molecule has 1 amide bonds. The maximum absolute atomic E-state index is 12.8. The van der Waals surface area contributed by atoms with Gasteiger partial charge < -0.3 is 10.4 Å². The van der Waals surface area contributed by atoms with Gasteiger partial charge in [0.15, 0.2) is 0 Å². The number of carboxylic acids is 1. The Morgan fingerprint density at radius 1 is 0.941 bits per heavy atom. The molecule has 0 saturated heterocycles. The molecule has 2 N–H and O–H groups in total. The third-order valence-corrected chi connectivity index (χ3v) is 6.29. The van der Waals surface area contributed by atoms with E-state index in [0.717, 1.165) is 23.6 Å². The van der Waals surface area contributed by atoms with Gasteiger partial charge in [-0.2, -0.15) is 0 Å². The van der Waals surface area contributed by atoms with Crippen LogP contribution in [-0.2, 0) is 9.59 Å². The highest BCUT2D eigenvalue weighted by Gasteiger charge is 2.21. The summed E-state index contributed by atoms with van der Waals surface area (Å²) in [6, 6.07) is 7.48. The number of benzene rings is 1. The van der Waals surface area contributed by atoms with E-state index in [1.54, 1.807) is 12.4 Å². The molecular formula is C29H42N2O3. The molecule has 1 aromatic carbocycles. The second-order valence-electron chi connectivity index (χ2n) is 9.22. The fourth-order valence-electron chi connectivity index (χ4n) is 4.26. The largest absolute Gasteiger partial charge is 0.481 e. The molecule has 0 fully saturated rings. The highest BCUT2D eigenvalue weighted by molar-refractivity contribution is 6.03. The normalized spacial score (nSPS) is 12.3. The van der Waals surface area contributed by atoms with E-state index in [4.69, 9.17) is 0 Å². The maximum Gasteiger partial charge on any atom is 0.304 e. The Morgan fingerprint density at radius 2 is 1.62 bits per heavy atom. The van der Waals surface area contributed by atoms with Crippen molar-refractivity contribution in [2.45, 2.75) is 96.8 Å². The number of anilines is 1. The smallest absolute Gasteiger partial charge is 0.304 e. The number of fused-ring (bicyclic) bond motifs is 1. The molecule has 186 valence electrons. The molecule has 2 aromatic rings. The van der Waals surface area contributed by atoms with Gasteiger partial charge in [0.05, 0.1) is 12.3 Å². The van der Waals surface area contributed by atoms with E-state index < -0.39 is 11.9 Å². The Hall–Kier alpha value is -2.69. The van der Waals surface area contributed by atoms with Crippen LogP contribution < -0.4 is 5.32 Å². The predicted octanol–water partition coefficient (Wildman–Crippen LogP) is 7.91. The zero-order chi connectivity index (χ0) is 24.4. The molecule has 2 rings (SSSR count). The van der Waals surface area contributed by atoms with Gasteiger partial charge in [-0.3, -0.25) is 14.6 Å². The monoisotopic (exact) mass is 466 g/mol. The Bertz CT molecular complexity index is 889. The van der Waals surface area contributed by atoms with Gasteiger partial charge in [-0.15, -0.1) is 0 Å². The highest BCUT2D eigenvalue weighted by atomic mass is 16.4. The molecule has 0 spiro atoms. The number of rotatable bonds is 18. The SMILES string of the molecule is CCCCCCCCCCCCC/C=C/CC(CC(=O)O)C(=O)Nc1cccc2cnccc12. The first-order chi connectivity index (χ1) is 16.6. The van der Waals surface area contributed by atoms with Crippen LogP contribution in [0.5, 0.6) is 0 Å². The number of hydrogen-bond donors (Lipinski definition) is 2. The van der Waals surface area contributed by atoms with Crippen LogP contribution in [0.25, 0.3) is 10.8 Å². The van der Waals surface area contributed by atoms with Crippen LogP contribution >= 0.6 is 0 Å². The van der Waals surface area contributed by atoms with Crippen molar-refractivity contribution in [1.82, 2.24) is 4.98 Å². The summed E-state index contributed by atoms with van der Waals surface area (Å²) in [6.07, 6.45) is 23.3. The van der Waals surface area contributed by atoms with Crippen LogP contribution in [0, 0.1) is 5.92 Å². The number of allylic oxidation sites excluding steroid dienone is 2. The number of pyridine rings is 1. The molecule has 1 aromatic heterocycles. The van der Waals surface area contributed by atoms with Crippen molar-refractivity contribution in [1.29, 1.82) is 0 Å². The molecule has 0 saturated carbocycles. The lowest BCUT2D eigenvalue weighted by Gasteiger charge is -2.14.